The first-order valence-corrected chi connectivity index (χ1v) is 7.26. The third-order valence-electron chi connectivity index (χ3n) is 4.02. The van der Waals surface area contributed by atoms with Crippen molar-refractivity contribution in [2.75, 3.05) is 0 Å². The minimum atomic E-state index is -0.505. The average Bonchev–Trinajstić information content (AvgIpc) is 2.46. The number of hydrogen-bond donors (Lipinski definition) is 1. The molecule has 0 bridgehead atoms. The molecule has 1 unspecified atom stereocenters. The zero-order chi connectivity index (χ0) is 15.1. The maximum absolute atomic E-state index is 6.34. The molecule has 2 heterocycles. The maximum Gasteiger partial charge on any atom is 0.498 e. The molecule has 1 aliphatic heterocycles. The van der Waals surface area contributed by atoms with Gasteiger partial charge in [-0.15, -0.1) is 0 Å². The molecule has 1 saturated heterocycles. The van der Waals surface area contributed by atoms with Crippen LogP contribution in [-0.4, -0.2) is 29.3 Å². The van der Waals surface area contributed by atoms with Crippen LogP contribution in [0.2, 0.25) is 5.02 Å². The number of nitrogens with two attached hydrogens (primary N) is 1. The van der Waals surface area contributed by atoms with Crippen LogP contribution in [-0.2, 0) is 15.7 Å². The molecule has 2 rings (SSSR count). The lowest BCUT2D eigenvalue weighted by Gasteiger charge is -2.32. The van der Waals surface area contributed by atoms with E-state index in [0.717, 1.165) is 11.2 Å². The van der Waals surface area contributed by atoms with E-state index in [-0.39, 0.29) is 6.04 Å². The lowest BCUT2D eigenvalue weighted by atomic mass is 9.76. The Morgan fingerprint density at radius 1 is 1.30 bits per heavy atom. The van der Waals surface area contributed by atoms with Crippen LogP contribution in [0.5, 0.6) is 0 Å². The fourth-order valence-corrected chi connectivity index (χ4v) is 2.42. The van der Waals surface area contributed by atoms with Crippen molar-refractivity contribution in [3.05, 3.63) is 23.0 Å². The molecule has 1 aromatic rings. The minimum absolute atomic E-state index is 0.00198. The van der Waals surface area contributed by atoms with Crippen LogP contribution < -0.4 is 11.2 Å². The van der Waals surface area contributed by atoms with Gasteiger partial charge in [0, 0.05) is 34.8 Å². The van der Waals surface area contributed by atoms with Gasteiger partial charge >= 0.3 is 7.12 Å². The van der Waals surface area contributed by atoms with Crippen molar-refractivity contribution < 1.29 is 9.31 Å². The molecule has 1 fully saturated rings. The van der Waals surface area contributed by atoms with Crippen LogP contribution in [0.4, 0.5) is 0 Å². The summed E-state index contributed by atoms with van der Waals surface area (Å²) in [6, 6.07) is 1.76. The van der Waals surface area contributed by atoms with Gasteiger partial charge in [-0.1, -0.05) is 11.6 Å². The number of hydrogen-bond acceptors (Lipinski definition) is 4. The first kappa shape index (κ1) is 15.8. The summed E-state index contributed by atoms with van der Waals surface area (Å²) in [4.78, 5) is 4.40. The van der Waals surface area contributed by atoms with Crippen molar-refractivity contribution in [2.45, 2.75) is 58.3 Å². The molecule has 1 aliphatic rings. The Hall–Kier alpha value is -0.615. The fraction of sp³-hybridized carbons (Fsp3) is 0.643. The van der Waals surface area contributed by atoms with Crippen LogP contribution >= 0.6 is 11.6 Å². The molecule has 0 spiro atoms. The number of pyridine rings is 1. The second kappa shape index (κ2) is 5.30. The van der Waals surface area contributed by atoms with Crippen LogP contribution in [0.3, 0.4) is 0 Å². The number of aromatic nitrogens is 1. The van der Waals surface area contributed by atoms with E-state index in [1.165, 1.54) is 0 Å². The van der Waals surface area contributed by atoms with Gasteiger partial charge in [0.2, 0.25) is 0 Å². The molecule has 1 aromatic heterocycles. The van der Waals surface area contributed by atoms with E-state index in [9.17, 15) is 0 Å². The SMILES string of the molecule is CC(N)Cc1nccc(Cl)c1B1OC(C)(C)C(C)(C)O1. The lowest BCUT2D eigenvalue weighted by Crippen LogP contribution is -2.41. The van der Waals surface area contributed by atoms with Crippen molar-refractivity contribution in [2.24, 2.45) is 5.73 Å². The fourth-order valence-electron chi connectivity index (χ4n) is 2.17. The third-order valence-corrected chi connectivity index (χ3v) is 4.35. The standard InChI is InChI=1S/C14H22BClN2O2/c1-9(17)8-11-12(10(16)6-7-18-11)15-19-13(2,3)14(4,5)20-15/h6-7,9H,8,17H2,1-5H3. The smallest absolute Gasteiger partial charge is 0.399 e. The summed E-state index contributed by atoms with van der Waals surface area (Å²) in [5, 5.41) is 0.606. The Bertz CT molecular complexity index is 490. The molecule has 0 aromatic carbocycles. The van der Waals surface area contributed by atoms with Gasteiger partial charge in [-0.05, 0) is 40.7 Å². The topological polar surface area (TPSA) is 57.4 Å². The number of rotatable bonds is 3. The van der Waals surface area contributed by atoms with Gasteiger partial charge in [0.15, 0.2) is 0 Å². The summed E-state index contributed by atoms with van der Waals surface area (Å²) in [6.07, 6.45) is 2.33. The molecule has 2 N–H and O–H groups in total. The van der Waals surface area contributed by atoms with Crippen molar-refractivity contribution in [1.29, 1.82) is 0 Å². The Balaban J connectivity index is 2.39. The highest BCUT2D eigenvalue weighted by atomic mass is 35.5. The molecule has 6 heteroatoms. The molecule has 20 heavy (non-hydrogen) atoms. The molecule has 0 aliphatic carbocycles. The van der Waals surface area contributed by atoms with E-state index in [2.05, 4.69) is 4.98 Å². The quantitative estimate of drug-likeness (QED) is 0.866. The highest BCUT2D eigenvalue weighted by molar-refractivity contribution is 6.66. The lowest BCUT2D eigenvalue weighted by molar-refractivity contribution is 0.00578. The molecule has 110 valence electrons. The van der Waals surface area contributed by atoms with Crippen molar-refractivity contribution in [3.8, 4) is 0 Å². The highest BCUT2D eigenvalue weighted by Crippen LogP contribution is 2.37. The van der Waals surface area contributed by atoms with E-state index in [1.807, 2.05) is 34.6 Å². The van der Waals surface area contributed by atoms with Crippen molar-refractivity contribution in [3.63, 3.8) is 0 Å². The second-order valence-corrected chi connectivity index (χ2v) is 6.83. The predicted molar refractivity (Wildman–Crippen MR) is 82.3 cm³/mol. The number of nitrogens with zero attached hydrogens (tertiary/aromatic N) is 1. The summed E-state index contributed by atoms with van der Waals surface area (Å²) in [5.74, 6) is 0. The minimum Gasteiger partial charge on any atom is -0.399 e. The molecule has 0 radical (unpaired) electrons. The molecular formula is C14H22BClN2O2. The zero-order valence-electron chi connectivity index (χ0n) is 12.7. The Labute approximate surface area is 126 Å². The molecule has 0 amide bonds. The summed E-state index contributed by atoms with van der Waals surface area (Å²) in [6.45, 7) is 10.0. The van der Waals surface area contributed by atoms with Crippen molar-refractivity contribution >= 4 is 24.2 Å². The molecule has 1 atom stereocenters. The average molecular weight is 297 g/mol. The van der Waals surface area contributed by atoms with Crippen LogP contribution in [0.1, 0.15) is 40.3 Å². The van der Waals surface area contributed by atoms with Gasteiger partial charge in [-0.3, -0.25) is 4.98 Å². The van der Waals surface area contributed by atoms with E-state index in [1.54, 1.807) is 12.3 Å². The van der Waals surface area contributed by atoms with Gasteiger partial charge in [0.1, 0.15) is 0 Å². The van der Waals surface area contributed by atoms with Gasteiger partial charge in [0.05, 0.1) is 11.2 Å². The first-order chi connectivity index (χ1) is 9.14. The van der Waals surface area contributed by atoms with Gasteiger partial charge < -0.3 is 15.0 Å². The zero-order valence-corrected chi connectivity index (χ0v) is 13.5. The molecular weight excluding hydrogens is 274 g/mol. The normalized spacial score (nSPS) is 22.1. The monoisotopic (exact) mass is 296 g/mol. The van der Waals surface area contributed by atoms with Crippen LogP contribution in [0.15, 0.2) is 12.3 Å². The Morgan fingerprint density at radius 2 is 1.85 bits per heavy atom. The van der Waals surface area contributed by atoms with Crippen LogP contribution in [0.25, 0.3) is 0 Å². The maximum atomic E-state index is 6.34. The predicted octanol–water partition coefficient (Wildman–Crippen LogP) is 1.92. The third kappa shape index (κ3) is 2.86. The summed E-state index contributed by atoms with van der Waals surface area (Å²) < 4.78 is 12.1. The Kier molecular flexibility index (Phi) is 4.18. The van der Waals surface area contributed by atoms with Crippen molar-refractivity contribution in [1.82, 2.24) is 4.98 Å². The summed E-state index contributed by atoms with van der Waals surface area (Å²) >= 11 is 6.34. The second-order valence-electron chi connectivity index (χ2n) is 6.42. The molecule has 0 saturated carbocycles. The van der Waals surface area contributed by atoms with Crippen LogP contribution in [0, 0.1) is 0 Å². The molecule has 4 nitrogen and oxygen atoms in total. The van der Waals surface area contributed by atoms with Gasteiger partial charge in [-0.25, -0.2) is 0 Å². The van der Waals surface area contributed by atoms with E-state index < -0.39 is 18.3 Å². The summed E-state index contributed by atoms with van der Waals surface area (Å²) in [7, 11) is -0.505. The highest BCUT2D eigenvalue weighted by Gasteiger charge is 2.52. The number of halogens is 1. The Morgan fingerprint density at radius 3 is 2.35 bits per heavy atom. The van der Waals surface area contributed by atoms with E-state index in [4.69, 9.17) is 26.6 Å². The largest absolute Gasteiger partial charge is 0.498 e. The van der Waals surface area contributed by atoms with E-state index in [0.29, 0.717) is 11.4 Å². The van der Waals surface area contributed by atoms with Gasteiger partial charge in [0.25, 0.3) is 0 Å². The first-order valence-electron chi connectivity index (χ1n) is 6.88. The van der Waals surface area contributed by atoms with E-state index >= 15 is 0 Å². The summed E-state index contributed by atoms with van der Waals surface area (Å²) in [5.41, 5.74) is 6.72. The van der Waals surface area contributed by atoms with Gasteiger partial charge in [-0.2, -0.15) is 0 Å².